The van der Waals surface area contributed by atoms with E-state index in [-0.39, 0.29) is 37.2 Å². The number of carboxylic acids is 1. The van der Waals surface area contributed by atoms with Crippen LogP contribution in [0, 0.1) is 5.82 Å². The first-order valence-corrected chi connectivity index (χ1v) is 9.85. The molecule has 0 saturated carbocycles. The summed E-state index contributed by atoms with van der Waals surface area (Å²) >= 11 is 0. The number of nitrogens with zero attached hydrogens (tertiary/aromatic N) is 2. The van der Waals surface area contributed by atoms with E-state index in [0.29, 0.717) is 6.61 Å². The first-order valence-electron chi connectivity index (χ1n) is 9.85. The highest BCUT2D eigenvalue weighted by Crippen LogP contribution is 2.25. The summed E-state index contributed by atoms with van der Waals surface area (Å²) in [5, 5.41) is 8.52. The smallest absolute Gasteiger partial charge is 0.329 e. The quantitative estimate of drug-likeness (QED) is 0.441. The van der Waals surface area contributed by atoms with Gasteiger partial charge in [-0.1, -0.05) is 48.6 Å². The molecular formula is C23H29Cl2FN2O3. The van der Waals surface area contributed by atoms with Crippen molar-refractivity contribution in [1.29, 1.82) is 0 Å². The van der Waals surface area contributed by atoms with Crippen LogP contribution in [0.5, 0.6) is 0 Å². The Kier molecular flexibility index (Phi) is 12.4. The molecule has 5 nitrogen and oxygen atoms in total. The van der Waals surface area contributed by atoms with Crippen LogP contribution in [-0.2, 0) is 16.1 Å². The van der Waals surface area contributed by atoms with Crippen molar-refractivity contribution < 1.29 is 19.0 Å². The number of aliphatic carboxylic acids is 1. The van der Waals surface area contributed by atoms with Crippen molar-refractivity contribution in [1.82, 2.24) is 9.80 Å². The lowest BCUT2D eigenvalue weighted by molar-refractivity contribution is -0.141. The van der Waals surface area contributed by atoms with E-state index in [1.54, 1.807) is 0 Å². The Balaban J connectivity index is 0.00000240. The number of benzene rings is 2. The van der Waals surface area contributed by atoms with E-state index in [1.165, 1.54) is 17.7 Å². The second kappa shape index (κ2) is 14.2. The van der Waals surface area contributed by atoms with Crippen LogP contribution >= 0.6 is 24.8 Å². The van der Waals surface area contributed by atoms with Gasteiger partial charge in [-0.3, -0.25) is 9.80 Å². The Morgan fingerprint density at radius 2 is 1.61 bits per heavy atom. The number of hydrogen-bond acceptors (Lipinski definition) is 4. The van der Waals surface area contributed by atoms with Gasteiger partial charge in [-0.15, -0.1) is 24.8 Å². The third-order valence-corrected chi connectivity index (χ3v) is 5.00. The molecule has 0 unspecified atom stereocenters. The number of piperazine rings is 1. The van der Waals surface area contributed by atoms with E-state index in [0.717, 1.165) is 50.4 Å². The Bertz CT molecular complexity index is 826. The summed E-state index contributed by atoms with van der Waals surface area (Å²) in [5.41, 5.74) is 3.44. The summed E-state index contributed by atoms with van der Waals surface area (Å²) < 4.78 is 18.2. The van der Waals surface area contributed by atoms with Crippen LogP contribution in [0.4, 0.5) is 4.39 Å². The summed E-state index contributed by atoms with van der Waals surface area (Å²) in [5.74, 6) is -1.17. The molecule has 0 atom stereocenters. The van der Waals surface area contributed by atoms with Gasteiger partial charge in [0.15, 0.2) is 0 Å². The maximum Gasteiger partial charge on any atom is 0.329 e. The van der Waals surface area contributed by atoms with Crippen molar-refractivity contribution in [2.75, 3.05) is 45.9 Å². The molecule has 170 valence electrons. The van der Waals surface area contributed by atoms with Gasteiger partial charge in [-0.05, 0) is 28.8 Å². The lowest BCUT2D eigenvalue weighted by Gasteiger charge is -2.34. The normalized spacial score (nSPS) is 14.7. The molecule has 1 saturated heterocycles. The van der Waals surface area contributed by atoms with Crippen molar-refractivity contribution in [3.63, 3.8) is 0 Å². The highest BCUT2D eigenvalue weighted by molar-refractivity contribution is 5.85. The van der Waals surface area contributed by atoms with Crippen LogP contribution in [0.25, 0.3) is 11.1 Å². The zero-order chi connectivity index (χ0) is 20.5. The molecule has 8 heteroatoms. The van der Waals surface area contributed by atoms with Crippen molar-refractivity contribution in [3.8, 4) is 11.1 Å². The van der Waals surface area contributed by atoms with E-state index in [9.17, 15) is 9.18 Å². The molecule has 0 spiro atoms. The van der Waals surface area contributed by atoms with E-state index < -0.39 is 5.97 Å². The second-order valence-corrected chi connectivity index (χ2v) is 7.12. The molecule has 0 aromatic heterocycles. The Labute approximate surface area is 195 Å². The van der Waals surface area contributed by atoms with E-state index >= 15 is 0 Å². The van der Waals surface area contributed by atoms with Gasteiger partial charge in [0.25, 0.3) is 0 Å². The molecule has 1 aliphatic heterocycles. The maximum absolute atomic E-state index is 13.2. The number of halogens is 3. The highest BCUT2D eigenvalue weighted by Gasteiger charge is 2.17. The molecular weight excluding hydrogens is 442 g/mol. The topological polar surface area (TPSA) is 53.0 Å². The van der Waals surface area contributed by atoms with Crippen LogP contribution in [0.1, 0.15) is 5.56 Å². The molecule has 1 aliphatic rings. The lowest BCUT2D eigenvalue weighted by atomic mass is 9.99. The summed E-state index contributed by atoms with van der Waals surface area (Å²) in [4.78, 5) is 15.2. The van der Waals surface area contributed by atoms with Gasteiger partial charge in [0.05, 0.1) is 6.61 Å². The zero-order valence-electron chi connectivity index (χ0n) is 17.3. The van der Waals surface area contributed by atoms with Crippen molar-refractivity contribution in [2.45, 2.75) is 6.54 Å². The van der Waals surface area contributed by atoms with Gasteiger partial charge >= 0.3 is 5.97 Å². The monoisotopic (exact) mass is 470 g/mol. The van der Waals surface area contributed by atoms with Crippen molar-refractivity contribution in [2.24, 2.45) is 0 Å². The van der Waals surface area contributed by atoms with Crippen LogP contribution in [0.15, 0.2) is 60.7 Å². The fraction of sp³-hybridized carbons (Fsp3) is 0.348. The average molecular weight is 471 g/mol. The molecule has 1 heterocycles. The molecule has 2 aromatic rings. The lowest BCUT2D eigenvalue weighted by Crippen LogP contribution is -2.45. The average Bonchev–Trinajstić information content (AvgIpc) is 2.73. The predicted molar refractivity (Wildman–Crippen MR) is 126 cm³/mol. The van der Waals surface area contributed by atoms with Crippen molar-refractivity contribution in [3.05, 3.63) is 72.1 Å². The van der Waals surface area contributed by atoms with Crippen LogP contribution in [0.3, 0.4) is 0 Å². The van der Waals surface area contributed by atoms with Gasteiger partial charge in [-0.2, -0.15) is 0 Å². The molecule has 31 heavy (non-hydrogen) atoms. The third kappa shape index (κ3) is 8.97. The minimum Gasteiger partial charge on any atom is -0.480 e. The number of rotatable bonds is 9. The van der Waals surface area contributed by atoms with Gasteiger partial charge in [-0.25, -0.2) is 9.18 Å². The standard InChI is InChI=1S/C23H27FN2O3.2ClH/c24-21-9-7-19(8-10-21)22-6-2-1-5-20(22)17-26-14-12-25(13-15-26)11-3-4-16-29-18-23(27)28;;/h1-10H,11-18H2,(H,27,28);2*1H. The van der Waals surface area contributed by atoms with Crippen LogP contribution < -0.4 is 0 Å². The fourth-order valence-electron chi connectivity index (χ4n) is 3.45. The van der Waals surface area contributed by atoms with Gasteiger partial charge < -0.3 is 9.84 Å². The summed E-state index contributed by atoms with van der Waals surface area (Å²) in [6.07, 6.45) is 3.90. The molecule has 1 fully saturated rings. The molecule has 0 aliphatic carbocycles. The number of ether oxygens (including phenoxy) is 1. The van der Waals surface area contributed by atoms with Gasteiger partial charge in [0.2, 0.25) is 0 Å². The van der Waals surface area contributed by atoms with E-state index in [2.05, 4.69) is 28.0 Å². The maximum atomic E-state index is 13.2. The Morgan fingerprint density at radius 3 is 2.29 bits per heavy atom. The first kappa shape index (κ1) is 27.1. The summed E-state index contributed by atoms with van der Waals surface area (Å²) in [6, 6.07) is 15.0. The van der Waals surface area contributed by atoms with Crippen LogP contribution in [0.2, 0.25) is 0 Å². The molecule has 0 radical (unpaired) electrons. The minimum absolute atomic E-state index is 0. The van der Waals surface area contributed by atoms with Gasteiger partial charge in [0.1, 0.15) is 12.4 Å². The third-order valence-electron chi connectivity index (χ3n) is 5.00. The van der Waals surface area contributed by atoms with E-state index in [1.807, 2.05) is 30.4 Å². The molecule has 0 amide bonds. The summed E-state index contributed by atoms with van der Waals surface area (Å²) in [7, 11) is 0. The first-order chi connectivity index (χ1) is 14.1. The largest absolute Gasteiger partial charge is 0.480 e. The fourth-order valence-corrected chi connectivity index (χ4v) is 3.45. The molecule has 1 N–H and O–H groups in total. The SMILES string of the molecule is Cl.Cl.O=C(O)COCC=CCN1CCN(Cc2ccccc2-c2ccc(F)cc2)CC1. The highest BCUT2D eigenvalue weighted by atomic mass is 35.5. The van der Waals surface area contributed by atoms with Crippen molar-refractivity contribution >= 4 is 30.8 Å². The second-order valence-electron chi connectivity index (χ2n) is 7.12. The number of carbonyl (C=O) groups is 1. The molecule has 2 aromatic carbocycles. The summed E-state index contributed by atoms with van der Waals surface area (Å²) in [6.45, 7) is 5.73. The predicted octanol–water partition coefficient (Wildman–Crippen LogP) is 4.11. The number of carboxylic acid groups (broad SMARTS) is 1. The van der Waals surface area contributed by atoms with E-state index in [4.69, 9.17) is 9.84 Å². The Hall–Kier alpha value is -1.96. The van der Waals surface area contributed by atoms with Gasteiger partial charge in [0, 0.05) is 39.3 Å². The number of hydrogen-bond donors (Lipinski definition) is 1. The molecule has 0 bridgehead atoms. The zero-order valence-corrected chi connectivity index (χ0v) is 18.9. The Morgan fingerprint density at radius 1 is 0.968 bits per heavy atom. The minimum atomic E-state index is -0.949. The molecule has 3 rings (SSSR count). The van der Waals surface area contributed by atoms with Crippen LogP contribution in [-0.4, -0.2) is 66.8 Å².